The van der Waals surface area contributed by atoms with Gasteiger partial charge in [0.1, 0.15) is 0 Å². The minimum absolute atomic E-state index is 0.0623. The number of hydrogen-bond donors (Lipinski definition) is 1. The molecule has 3 nitrogen and oxygen atoms in total. The zero-order valence-electron chi connectivity index (χ0n) is 8.50. The zero-order valence-corrected chi connectivity index (χ0v) is 9.26. The Balaban J connectivity index is 2.25. The topological polar surface area (TPSA) is 28.2 Å². The van der Waals surface area contributed by atoms with E-state index in [0.717, 1.165) is 24.9 Å². The van der Waals surface area contributed by atoms with Crippen LogP contribution in [0.25, 0.3) is 0 Å². The van der Waals surface area contributed by atoms with Crippen LogP contribution in [0.2, 0.25) is 5.15 Å². The quantitative estimate of drug-likeness (QED) is 0.788. The van der Waals surface area contributed by atoms with Crippen molar-refractivity contribution in [3.05, 3.63) is 28.8 Å². The fourth-order valence-electron chi connectivity index (χ4n) is 2.00. The first-order chi connectivity index (χ1) is 7.22. The molecule has 0 saturated carbocycles. The van der Waals surface area contributed by atoms with Crippen LogP contribution in [0.5, 0.6) is 0 Å². The smallest absolute Gasteiger partial charge is 0.164 e. The molecule has 1 fully saturated rings. The van der Waals surface area contributed by atoms with Gasteiger partial charge in [0.2, 0.25) is 0 Å². The lowest BCUT2D eigenvalue weighted by atomic mass is 10.1. The predicted molar refractivity (Wildman–Crippen MR) is 56.9 cm³/mol. The Kier molecular flexibility index (Phi) is 3.19. The number of aromatic nitrogens is 1. The van der Waals surface area contributed by atoms with Crippen LogP contribution in [0.3, 0.4) is 0 Å². The lowest BCUT2D eigenvalue weighted by Crippen LogP contribution is -2.34. The highest BCUT2D eigenvalue weighted by molar-refractivity contribution is 6.29. The van der Waals surface area contributed by atoms with Crippen molar-refractivity contribution < 1.29 is 4.39 Å². The van der Waals surface area contributed by atoms with Crippen molar-refractivity contribution >= 4 is 11.6 Å². The van der Waals surface area contributed by atoms with Crippen LogP contribution in [0.15, 0.2) is 12.3 Å². The van der Waals surface area contributed by atoms with Crippen molar-refractivity contribution in [3.63, 3.8) is 0 Å². The Labute approximate surface area is 93.2 Å². The number of nitrogens with one attached hydrogen (secondary N) is 1. The molecular weight excluding hydrogens is 217 g/mol. The van der Waals surface area contributed by atoms with Gasteiger partial charge in [-0.2, -0.15) is 0 Å². The van der Waals surface area contributed by atoms with E-state index >= 15 is 0 Å². The molecule has 0 bridgehead atoms. The van der Waals surface area contributed by atoms with Gasteiger partial charge in [-0.05, 0) is 31.5 Å². The Morgan fingerprint density at radius 3 is 3.13 bits per heavy atom. The summed E-state index contributed by atoms with van der Waals surface area (Å²) in [7, 11) is 1.87. The van der Waals surface area contributed by atoms with E-state index in [4.69, 9.17) is 11.6 Å². The highest BCUT2D eigenvalue weighted by Crippen LogP contribution is 2.30. The van der Waals surface area contributed by atoms with E-state index in [2.05, 4.69) is 15.4 Å². The van der Waals surface area contributed by atoms with E-state index in [9.17, 15) is 4.39 Å². The Bertz CT molecular complexity index is 359. The number of hydrazine groups is 1. The molecule has 0 aliphatic carbocycles. The number of pyridine rings is 1. The number of nitrogens with zero attached hydrogens (tertiary/aromatic N) is 2. The first-order valence-electron chi connectivity index (χ1n) is 4.97. The van der Waals surface area contributed by atoms with Crippen LogP contribution in [0.1, 0.15) is 24.4 Å². The minimum atomic E-state index is -0.447. The molecule has 0 radical (unpaired) electrons. The summed E-state index contributed by atoms with van der Waals surface area (Å²) in [5.74, 6) is -0.447. The molecule has 1 aromatic rings. The SMILES string of the molecule is CNN1CCC[C@H]1c1cnc(Cl)c(F)c1. The number of halogens is 2. The van der Waals surface area contributed by atoms with Crippen LogP contribution in [0, 0.1) is 5.82 Å². The summed E-state index contributed by atoms with van der Waals surface area (Å²) in [6.45, 7) is 0.978. The lowest BCUT2D eigenvalue weighted by molar-refractivity contribution is 0.190. The van der Waals surface area contributed by atoms with Crippen molar-refractivity contribution in [2.24, 2.45) is 0 Å². The average Bonchev–Trinajstić information content (AvgIpc) is 2.70. The van der Waals surface area contributed by atoms with Gasteiger partial charge in [-0.15, -0.1) is 0 Å². The van der Waals surface area contributed by atoms with Crippen molar-refractivity contribution in [2.45, 2.75) is 18.9 Å². The van der Waals surface area contributed by atoms with Crippen LogP contribution >= 0.6 is 11.6 Å². The summed E-state index contributed by atoms with van der Waals surface area (Å²) < 4.78 is 13.2. The molecule has 0 amide bonds. The fourth-order valence-corrected chi connectivity index (χ4v) is 2.10. The van der Waals surface area contributed by atoms with Gasteiger partial charge in [0.15, 0.2) is 11.0 Å². The van der Waals surface area contributed by atoms with E-state index in [1.807, 2.05) is 7.05 Å². The van der Waals surface area contributed by atoms with Gasteiger partial charge in [0.05, 0.1) is 6.04 Å². The van der Waals surface area contributed by atoms with Gasteiger partial charge in [0, 0.05) is 12.7 Å². The van der Waals surface area contributed by atoms with Crippen LogP contribution in [-0.2, 0) is 0 Å². The molecule has 1 saturated heterocycles. The number of hydrogen-bond acceptors (Lipinski definition) is 3. The molecule has 1 aliphatic heterocycles. The van der Waals surface area contributed by atoms with Gasteiger partial charge < -0.3 is 0 Å². The molecule has 0 unspecified atom stereocenters. The lowest BCUT2D eigenvalue weighted by Gasteiger charge is -2.23. The maximum Gasteiger partial charge on any atom is 0.164 e. The van der Waals surface area contributed by atoms with E-state index in [0.29, 0.717) is 0 Å². The minimum Gasteiger partial charge on any atom is -0.258 e. The van der Waals surface area contributed by atoms with Gasteiger partial charge in [0.25, 0.3) is 0 Å². The van der Waals surface area contributed by atoms with Gasteiger partial charge in [-0.1, -0.05) is 11.6 Å². The second-order valence-electron chi connectivity index (χ2n) is 3.62. The molecule has 2 heterocycles. The molecule has 1 aromatic heterocycles. The summed E-state index contributed by atoms with van der Waals surface area (Å²) in [6, 6.07) is 1.67. The van der Waals surface area contributed by atoms with Crippen molar-refractivity contribution in [1.29, 1.82) is 0 Å². The van der Waals surface area contributed by atoms with E-state index in [-0.39, 0.29) is 11.2 Å². The Morgan fingerprint density at radius 1 is 1.67 bits per heavy atom. The third-order valence-electron chi connectivity index (χ3n) is 2.74. The first-order valence-corrected chi connectivity index (χ1v) is 5.35. The third kappa shape index (κ3) is 2.12. The van der Waals surface area contributed by atoms with Crippen molar-refractivity contribution in [3.8, 4) is 0 Å². The fraction of sp³-hybridized carbons (Fsp3) is 0.500. The molecule has 1 aliphatic rings. The summed E-state index contributed by atoms with van der Waals surface area (Å²) in [5, 5.41) is 2.03. The molecule has 2 rings (SSSR count). The summed E-state index contributed by atoms with van der Waals surface area (Å²) in [4.78, 5) is 3.83. The molecule has 5 heteroatoms. The highest BCUT2D eigenvalue weighted by Gasteiger charge is 2.25. The van der Waals surface area contributed by atoms with Gasteiger partial charge in [-0.3, -0.25) is 5.43 Å². The first kappa shape index (κ1) is 10.8. The predicted octanol–water partition coefficient (Wildman–Crippen LogP) is 2.15. The van der Waals surface area contributed by atoms with Gasteiger partial charge in [-0.25, -0.2) is 14.4 Å². The largest absolute Gasteiger partial charge is 0.258 e. The van der Waals surface area contributed by atoms with Crippen molar-refractivity contribution in [2.75, 3.05) is 13.6 Å². The van der Waals surface area contributed by atoms with Crippen LogP contribution in [-0.4, -0.2) is 23.6 Å². The van der Waals surface area contributed by atoms with Crippen LogP contribution in [0.4, 0.5) is 4.39 Å². The highest BCUT2D eigenvalue weighted by atomic mass is 35.5. The average molecular weight is 230 g/mol. The third-order valence-corrected chi connectivity index (χ3v) is 3.02. The molecule has 1 N–H and O–H groups in total. The van der Waals surface area contributed by atoms with Crippen LogP contribution < -0.4 is 5.43 Å². The van der Waals surface area contributed by atoms with E-state index in [1.54, 1.807) is 6.20 Å². The number of rotatable bonds is 2. The Hall–Kier alpha value is -0.710. The summed E-state index contributed by atoms with van der Waals surface area (Å²) >= 11 is 5.54. The standard InChI is InChI=1S/C10H13ClFN3/c1-13-15-4-2-3-9(15)7-5-8(12)10(11)14-6-7/h5-6,9,13H,2-4H2,1H3/t9-/m0/s1. The molecule has 0 aromatic carbocycles. The summed E-state index contributed by atoms with van der Waals surface area (Å²) in [5.41, 5.74) is 3.98. The monoisotopic (exact) mass is 229 g/mol. The molecule has 15 heavy (non-hydrogen) atoms. The maximum atomic E-state index is 13.2. The van der Waals surface area contributed by atoms with Crippen molar-refractivity contribution in [1.82, 2.24) is 15.4 Å². The molecule has 1 atom stereocenters. The zero-order chi connectivity index (χ0) is 10.8. The molecule has 0 spiro atoms. The molecular formula is C10H13ClFN3. The maximum absolute atomic E-state index is 13.2. The van der Waals surface area contributed by atoms with E-state index < -0.39 is 5.82 Å². The second-order valence-corrected chi connectivity index (χ2v) is 3.97. The van der Waals surface area contributed by atoms with E-state index in [1.165, 1.54) is 6.07 Å². The normalized spacial score (nSPS) is 22.2. The summed E-state index contributed by atoms with van der Waals surface area (Å²) in [6.07, 6.45) is 3.77. The molecule has 82 valence electrons. The Morgan fingerprint density at radius 2 is 2.47 bits per heavy atom. The second kappa shape index (κ2) is 4.43. The van der Waals surface area contributed by atoms with Gasteiger partial charge >= 0.3 is 0 Å².